The van der Waals surface area contributed by atoms with Crippen molar-refractivity contribution in [1.29, 1.82) is 5.41 Å². The minimum Gasteiger partial charge on any atom is -0.370 e. The summed E-state index contributed by atoms with van der Waals surface area (Å²) < 4.78 is 0. The lowest BCUT2D eigenvalue weighted by Gasteiger charge is -2.39. The number of rotatable bonds is 2. The van der Waals surface area contributed by atoms with Crippen LogP contribution in [-0.2, 0) is 0 Å². The molecule has 0 bridgehead atoms. The lowest BCUT2D eigenvalue weighted by atomic mass is 9.97. The number of nitrogens with two attached hydrogens (primary N) is 1. The summed E-state index contributed by atoms with van der Waals surface area (Å²) in [5.41, 5.74) is 8.29. The highest BCUT2D eigenvalue weighted by Gasteiger charge is 2.28. The summed E-state index contributed by atoms with van der Waals surface area (Å²) in [6, 6.07) is 17.3. The van der Waals surface area contributed by atoms with Gasteiger partial charge in [-0.15, -0.1) is 0 Å². The third-order valence-electron chi connectivity index (χ3n) is 4.83. The van der Waals surface area contributed by atoms with Gasteiger partial charge in [-0.2, -0.15) is 0 Å². The van der Waals surface area contributed by atoms with Gasteiger partial charge in [-0.3, -0.25) is 5.41 Å². The Bertz CT molecular complexity index is 715. The lowest BCUT2D eigenvalue weighted by molar-refractivity contribution is 0.259. The third-order valence-corrected chi connectivity index (χ3v) is 5.96. The smallest absolute Gasteiger partial charge is 0.188 e. The van der Waals surface area contributed by atoms with Gasteiger partial charge in [-0.05, 0) is 43.0 Å². The normalized spacial score (nSPS) is 19.6. The van der Waals surface area contributed by atoms with E-state index in [9.17, 15) is 0 Å². The van der Waals surface area contributed by atoms with Crippen molar-refractivity contribution >= 4 is 29.1 Å². The van der Waals surface area contributed by atoms with E-state index in [-0.39, 0.29) is 5.96 Å². The number of hydrogen-bond acceptors (Lipinski definition) is 3. The van der Waals surface area contributed by atoms with Crippen LogP contribution in [0.3, 0.4) is 0 Å². The number of para-hydroxylation sites is 2. The molecule has 4 nitrogen and oxygen atoms in total. The second-order valence-corrected chi connectivity index (χ2v) is 7.57. The molecule has 0 saturated carbocycles. The van der Waals surface area contributed by atoms with Gasteiger partial charge in [0.05, 0.1) is 11.4 Å². The van der Waals surface area contributed by atoms with Crippen molar-refractivity contribution in [2.45, 2.75) is 22.6 Å². The molecule has 1 fully saturated rings. The minimum absolute atomic E-state index is 0.203. The molecule has 0 amide bonds. The number of likely N-dealkylation sites (tertiary alicyclic amines) is 1. The quantitative estimate of drug-likeness (QED) is 0.644. The molecule has 2 aliphatic heterocycles. The molecule has 124 valence electrons. The zero-order valence-corrected chi connectivity index (χ0v) is 14.4. The van der Waals surface area contributed by atoms with Gasteiger partial charge in [0.25, 0.3) is 0 Å². The SMILES string of the molecule is N=C(N)N1CCC[C@H](CN2c3ccccc3Sc3ccccc32)C1. The monoisotopic (exact) mass is 338 g/mol. The van der Waals surface area contributed by atoms with Crippen LogP contribution in [0, 0.1) is 11.3 Å². The maximum absolute atomic E-state index is 7.72. The Labute approximate surface area is 147 Å². The predicted octanol–water partition coefficient (Wildman–Crippen LogP) is 3.89. The molecule has 2 aliphatic rings. The molecule has 2 aromatic carbocycles. The van der Waals surface area contributed by atoms with Crippen molar-refractivity contribution in [3.05, 3.63) is 48.5 Å². The molecular formula is C19H22N4S. The van der Waals surface area contributed by atoms with E-state index in [0.717, 1.165) is 26.1 Å². The van der Waals surface area contributed by atoms with Crippen LogP contribution in [-0.4, -0.2) is 30.5 Å². The molecule has 2 heterocycles. The average Bonchev–Trinajstić information content (AvgIpc) is 2.62. The first-order chi connectivity index (χ1) is 11.7. The van der Waals surface area contributed by atoms with Crippen molar-refractivity contribution in [1.82, 2.24) is 4.90 Å². The van der Waals surface area contributed by atoms with Gasteiger partial charge in [-0.25, -0.2) is 0 Å². The zero-order valence-electron chi connectivity index (χ0n) is 13.6. The van der Waals surface area contributed by atoms with Gasteiger partial charge in [0.2, 0.25) is 0 Å². The van der Waals surface area contributed by atoms with E-state index >= 15 is 0 Å². The van der Waals surface area contributed by atoms with Gasteiger partial charge in [0.15, 0.2) is 5.96 Å². The van der Waals surface area contributed by atoms with E-state index in [1.54, 1.807) is 0 Å². The fraction of sp³-hybridized carbons (Fsp3) is 0.316. The Morgan fingerprint density at radius 2 is 1.71 bits per heavy atom. The predicted molar refractivity (Wildman–Crippen MR) is 100 cm³/mol. The standard InChI is InChI=1S/C19H22N4S/c20-19(21)22-11-5-6-14(12-22)13-23-15-7-1-3-9-17(15)24-18-10-4-2-8-16(18)23/h1-4,7-10,14H,5-6,11-13H2,(H3,20,21)/t14-/m0/s1. The summed E-state index contributed by atoms with van der Waals surface area (Å²) in [4.78, 5) is 7.09. The highest BCUT2D eigenvalue weighted by atomic mass is 32.2. The number of hydrogen-bond donors (Lipinski definition) is 2. The second-order valence-electron chi connectivity index (χ2n) is 6.49. The third kappa shape index (κ3) is 2.84. The van der Waals surface area contributed by atoms with E-state index in [2.05, 4.69) is 53.4 Å². The molecule has 24 heavy (non-hydrogen) atoms. The molecule has 0 unspecified atom stereocenters. The summed E-state index contributed by atoms with van der Waals surface area (Å²) in [5, 5.41) is 7.72. The number of fused-ring (bicyclic) bond motifs is 2. The van der Waals surface area contributed by atoms with Gasteiger partial charge >= 0.3 is 0 Å². The molecular weight excluding hydrogens is 316 g/mol. The first-order valence-corrected chi connectivity index (χ1v) is 9.26. The maximum atomic E-state index is 7.72. The van der Waals surface area contributed by atoms with Gasteiger partial charge in [-0.1, -0.05) is 36.0 Å². The molecule has 1 saturated heterocycles. The second kappa shape index (κ2) is 6.40. The average molecular weight is 338 g/mol. The van der Waals surface area contributed by atoms with E-state index in [0.29, 0.717) is 5.92 Å². The summed E-state index contributed by atoms with van der Waals surface area (Å²) in [6.07, 6.45) is 2.30. The molecule has 0 radical (unpaired) electrons. The number of nitrogens with one attached hydrogen (secondary N) is 1. The zero-order chi connectivity index (χ0) is 16.5. The molecule has 0 aliphatic carbocycles. The molecule has 5 heteroatoms. The van der Waals surface area contributed by atoms with Crippen LogP contribution in [0.2, 0.25) is 0 Å². The van der Waals surface area contributed by atoms with Crippen LogP contribution in [0.4, 0.5) is 11.4 Å². The Morgan fingerprint density at radius 3 is 2.33 bits per heavy atom. The number of guanidine groups is 1. The van der Waals surface area contributed by atoms with Gasteiger partial charge in [0, 0.05) is 29.4 Å². The fourth-order valence-corrected chi connectivity index (χ4v) is 4.76. The van der Waals surface area contributed by atoms with Crippen LogP contribution >= 0.6 is 11.8 Å². The molecule has 0 spiro atoms. The van der Waals surface area contributed by atoms with Crippen LogP contribution in [0.1, 0.15) is 12.8 Å². The van der Waals surface area contributed by atoms with E-state index in [1.165, 1.54) is 27.6 Å². The highest BCUT2D eigenvalue weighted by molar-refractivity contribution is 7.99. The van der Waals surface area contributed by atoms with Crippen molar-refractivity contribution in [3.63, 3.8) is 0 Å². The van der Waals surface area contributed by atoms with Gasteiger partial charge in [0.1, 0.15) is 0 Å². The van der Waals surface area contributed by atoms with Crippen molar-refractivity contribution in [2.24, 2.45) is 11.7 Å². The first-order valence-electron chi connectivity index (χ1n) is 8.45. The van der Waals surface area contributed by atoms with Crippen LogP contribution in [0.15, 0.2) is 58.3 Å². The Balaban J connectivity index is 1.64. The number of nitrogens with zero attached hydrogens (tertiary/aromatic N) is 2. The number of benzene rings is 2. The highest BCUT2D eigenvalue weighted by Crippen LogP contribution is 2.48. The van der Waals surface area contributed by atoms with Crippen LogP contribution in [0.5, 0.6) is 0 Å². The summed E-state index contributed by atoms with van der Waals surface area (Å²) >= 11 is 1.85. The van der Waals surface area contributed by atoms with Crippen molar-refractivity contribution in [3.8, 4) is 0 Å². The van der Waals surface area contributed by atoms with Crippen molar-refractivity contribution < 1.29 is 0 Å². The Morgan fingerprint density at radius 1 is 1.08 bits per heavy atom. The maximum Gasteiger partial charge on any atom is 0.188 e. The molecule has 3 N–H and O–H groups in total. The Kier molecular flexibility index (Phi) is 4.10. The summed E-state index contributed by atoms with van der Waals surface area (Å²) in [6.45, 7) is 2.76. The lowest BCUT2D eigenvalue weighted by Crippen LogP contribution is -2.46. The van der Waals surface area contributed by atoms with Crippen LogP contribution in [0.25, 0.3) is 0 Å². The van der Waals surface area contributed by atoms with E-state index in [4.69, 9.17) is 11.1 Å². The Hall–Kier alpha value is -2.14. The summed E-state index contributed by atoms with van der Waals surface area (Å²) in [5.74, 6) is 0.724. The first kappa shape index (κ1) is 15.4. The number of piperidine rings is 1. The molecule has 1 atom stereocenters. The summed E-state index contributed by atoms with van der Waals surface area (Å²) in [7, 11) is 0. The van der Waals surface area contributed by atoms with E-state index in [1.807, 2.05) is 16.7 Å². The largest absolute Gasteiger partial charge is 0.370 e. The molecule has 2 aromatic rings. The number of anilines is 2. The van der Waals surface area contributed by atoms with E-state index < -0.39 is 0 Å². The fourth-order valence-electron chi connectivity index (χ4n) is 3.67. The van der Waals surface area contributed by atoms with Crippen LogP contribution < -0.4 is 10.6 Å². The topological polar surface area (TPSA) is 56.4 Å². The molecule has 4 rings (SSSR count). The molecule has 0 aromatic heterocycles. The van der Waals surface area contributed by atoms with Crippen molar-refractivity contribution in [2.75, 3.05) is 24.5 Å². The minimum atomic E-state index is 0.203. The van der Waals surface area contributed by atoms with Gasteiger partial charge < -0.3 is 15.5 Å².